The van der Waals surface area contributed by atoms with Crippen LogP contribution in [0.5, 0.6) is 0 Å². The summed E-state index contributed by atoms with van der Waals surface area (Å²) < 4.78 is 14.6. The van der Waals surface area contributed by atoms with Crippen molar-refractivity contribution in [2.45, 2.75) is 38.6 Å². The predicted molar refractivity (Wildman–Crippen MR) is 46.0 cm³/mol. The second-order valence-corrected chi connectivity index (χ2v) is 2.98. The lowest BCUT2D eigenvalue weighted by Gasteiger charge is -2.37. The maximum absolute atomic E-state index is 11.1. The molecule has 0 aromatic carbocycles. The third-order valence-corrected chi connectivity index (χ3v) is 1.86. The number of ether oxygens (including phenoxy) is 3. The Morgan fingerprint density at radius 2 is 2.21 bits per heavy atom. The zero-order chi connectivity index (χ0) is 10.7. The summed E-state index contributed by atoms with van der Waals surface area (Å²) in [5.41, 5.74) is 5.42. The SMILES string of the molecule is CCOC(=O)[C@H](N)[C@H](O)C1OC(C)O1. The molecule has 0 aromatic rings. The third-order valence-electron chi connectivity index (χ3n) is 1.86. The molecule has 6 nitrogen and oxygen atoms in total. The van der Waals surface area contributed by atoms with Crippen LogP contribution in [-0.4, -0.2) is 42.4 Å². The van der Waals surface area contributed by atoms with Crippen LogP contribution >= 0.6 is 0 Å². The van der Waals surface area contributed by atoms with E-state index < -0.39 is 24.4 Å². The van der Waals surface area contributed by atoms with E-state index in [0.29, 0.717) is 0 Å². The van der Waals surface area contributed by atoms with Gasteiger partial charge in [0, 0.05) is 0 Å². The average Bonchev–Trinajstić information content (AvgIpc) is 2.11. The summed E-state index contributed by atoms with van der Waals surface area (Å²) in [6, 6.07) is -1.13. The van der Waals surface area contributed by atoms with Crippen LogP contribution in [-0.2, 0) is 19.0 Å². The minimum atomic E-state index is -1.19. The Morgan fingerprint density at radius 1 is 1.64 bits per heavy atom. The van der Waals surface area contributed by atoms with E-state index in [2.05, 4.69) is 4.74 Å². The minimum Gasteiger partial charge on any atom is -0.465 e. The van der Waals surface area contributed by atoms with Crippen molar-refractivity contribution in [2.24, 2.45) is 5.73 Å². The van der Waals surface area contributed by atoms with Crippen molar-refractivity contribution in [3.05, 3.63) is 0 Å². The van der Waals surface area contributed by atoms with E-state index in [1.165, 1.54) is 0 Å². The number of aliphatic hydroxyl groups is 1. The monoisotopic (exact) mass is 205 g/mol. The van der Waals surface area contributed by atoms with E-state index in [1.807, 2.05) is 0 Å². The quantitative estimate of drug-likeness (QED) is 0.569. The molecule has 0 radical (unpaired) electrons. The van der Waals surface area contributed by atoms with Crippen LogP contribution < -0.4 is 5.73 Å². The van der Waals surface area contributed by atoms with Crippen LogP contribution in [0.1, 0.15) is 13.8 Å². The Balaban J connectivity index is 2.36. The molecule has 0 bridgehead atoms. The van der Waals surface area contributed by atoms with Crippen molar-refractivity contribution >= 4 is 5.97 Å². The van der Waals surface area contributed by atoms with Crippen molar-refractivity contribution in [3.8, 4) is 0 Å². The second kappa shape index (κ2) is 4.70. The topological polar surface area (TPSA) is 91.0 Å². The average molecular weight is 205 g/mol. The molecule has 14 heavy (non-hydrogen) atoms. The normalized spacial score (nSPS) is 30.3. The summed E-state index contributed by atoms with van der Waals surface area (Å²) in [7, 11) is 0. The van der Waals surface area contributed by atoms with E-state index in [1.54, 1.807) is 13.8 Å². The largest absolute Gasteiger partial charge is 0.465 e. The maximum Gasteiger partial charge on any atom is 0.325 e. The number of esters is 1. The van der Waals surface area contributed by atoms with Gasteiger partial charge < -0.3 is 25.1 Å². The molecule has 2 atom stereocenters. The van der Waals surface area contributed by atoms with Crippen LogP contribution in [0.4, 0.5) is 0 Å². The molecule has 1 fully saturated rings. The molecule has 1 aliphatic rings. The van der Waals surface area contributed by atoms with Gasteiger partial charge in [-0.2, -0.15) is 0 Å². The summed E-state index contributed by atoms with van der Waals surface area (Å²) in [6.45, 7) is 3.57. The fourth-order valence-corrected chi connectivity index (χ4v) is 1.10. The zero-order valence-electron chi connectivity index (χ0n) is 8.17. The Morgan fingerprint density at radius 3 is 2.64 bits per heavy atom. The van der Waals surface area contributed by atoms with Gasteiger partial charge in [-0.05, 0) is 13.8 Å². The smallest absolute Gasteiger partial charge is 0.325 e. The van der Waals surface area contributed by atoms with Crippen molar-refractivity contribution in [1.29, 1.82) is 0 Å². The Kier molecular flexibility index (Phi) is 3.82. The lowest BCUT2D eigenvalue weighted by atomic mass is 10.1. The number of hydrogen-bond donors (Lipinski definition) is 2. The van der Waals surface area contributed by atoms with Gasteiger partial charge in [-0.3, -0.25) is 4.79 Å². The van der Waals surface area contributed by atoms with E-state index in [0.717, 1.165) is 0 Å². The molecule has 0 unspecified atom stereocenters. The van der Waals surface area contributed by atoms with Gasteiger partial charge in [0.15, 0.2) is 12.6 Å². The van der Waals surface area contributed by atoms with Crippen LogP contribution in [0.25, 0.3) is 0 Å². The number of carbonyl (C=O) groups is 1. The van der Waals surface area contributed by atoms with Gasteiger partial charge in [0.1, 0.15) is 12.1 Å². The molecule has 1 aliphatic heterocycles. The predicted octanol–water partition coefficient (Wildman–Crippen LogP) is -1.04. The van der Waals surface area contributed by atoms with Gasteiger partial charge in [0.25, 0.3) is 0 Å². The van der Waals surface area contributed by atoms with Crippen molar-refractivity contribution in [3.63, 3.8) is 0 Å². The van der Waals surface area contributed by atoms with Crippen molar-refractivity contribution in [1.82, 2.24) is 0 Å². The first-order valence-corrected chi connectivity index (χ1v) is 4.47. The van der Waals surface area contributed by atoms with Crippen molar-refractivity contribution < 1.29 is 24.1 Å². The number of hydrogen-bond acceptors (Lipinski definition) is 6. The Hall–Kier alpha value is -0.690. The van der Waals surface area contributed by atoms with Gasteiger partial charge in [0.2, 0.25) is 0 Å². The van der Waals surface area contributed by atoms with Gasteiger partial charge in [-0.25, -0.2) is 0 Å². The Labute approximate surface area is 81.9 Å². The summed E-state index contributed by atoms with van der Waals surface area (Å²) >= 11 is 0. The molecule has 0 aliphatic carbocycles. The first-order chi connectivity index (χ1) is 6.56. The molecule has 1 rings (SSSR count). The molecule has 0 amide bonds. The number of aliphatic hydroxyl groups excluding tert-OH is 1. The number of carbonyl (C=O) groups excluding carboxylic acids is 1. The third kappa shape index (κ3) is 2.42. The number of nitrogens with two attached hydrogens (primary N) is 1. The van der Waals surface area contributed by atoms with Crippen LogP contribution in [0.3, 0.4) is 0 Å². The molecule has 0 spiro atoms. The summed E-state index contributed by atoms with van der Waals surface area (Å²) in [5, 5.41) is 9.48. The van der Waals surface area contributed by atoms with Gasteiger partial charge in [0.05, 0.1) is 6.61 Å². The molecular weight excluding hydrogens is 190 g/mol. The van der Waals surface area contributed by atoms with E-state index in [-0.39, 0.29) is 12.9 Å². The summed E-state index contributed by atoms with van der Waals surface area (Å²) in [6.07, 6.45) is -2.38. The first-order valence-electron chi connectivity index (χ1n) is 4.47. The van der Waals surface area contributed by atoms with Crippen molar-refractivity contribution in [2.75, 3.05) is 6.61 Å². The minimum absolute atomic E-state index is 0.224. The van der Waals surface area contributed by atoms with Crippen LogP contribution in [0.2, 0.25) is 0 Å². The summed E-state index contributed by atoms with van der Waals surface area (Å²) in [4.78, 5) is 11.1. The standard InChI is InChI=1S/C8H15NO5/c1-3-12-7(11)5(9)6(10)8-13-4(2)14-8/h4-6,8,10H,3,9H2,1-2H3/t4?,5-,6+,8?/m1/s1. The Bertz CT molecular complexity index is 204. The number of rotatable bonds is 4. The highest BCUT2D eigenvalue weighted by molar-refractivity contribution is 5.76. The second-order valence-electron chi connectivity index (χ2n) is 2.98. The molecule has 6 heteroatoms. The fourth-order valence-electron chi connectivity index (χ4n) is 1.10. The highest BCUT2D eigenvalue weighted by atomic mass is 16.9. The lowest BCUT2D eigenvalue weighted by Crippen LogP contribution is -2.56. The van der Waals surface area contributed by atoms with Gasteiger partial charge >= 0.3 is 5.97 Å². The van der Waals surface area contributed by atoms with E-state index >= 15 is 0 Å². The molecule has 3 N–H and O–H groups in total. The molecule has 1 saturated heterocycles. The van der Waals surface area contributed by atoms with Gasteiger partial charge in [-0.1, -0.05) is 0 Å². The molecule has 0 saturated carbocycles. The van der Waals surface area contributed by atoms with E-state index in [9.17, 15) is 9.90 Å². The maximum atomic E-state index is 11.1. The first kappa shape index (κ1) is 11.4. The van der Waals surface area contributed by atoms with Crippen LogP contribution in [0.15, 0.2) is 0 Å². The van der Waals surface area contributed by atoms with E-state index in [4.69, 9.17) is 15.2 Å². The highest BCUT2D eigenvalue weighted by Crippen LogP contribution is 2.20. The zero-order valence-corrected chi connectivity index (χ0v) is 8.17. The molecule has 0 aromatic heterocycles. The highest BCUT2D eigenvalue weighted by Gasteiger charge is 2.39. The fraction of sp³-hybridized carbons (Fsp3) is 0.875. The summed E-state index contributed by atoms with van der Waals surface area (Å²) in [5.74, 6) is -0.660. The molecule has 1 heterocycles. The lowest BCUT2D eigenvalue weighted by molar-refractivity contribution is -0.399. The molecular formula is C8H15NO5. The van der Waals surface area contributed by atoms with Crippen LogP contribution in [0, 0.1) is 0 Å². The van der Waals surface area contributed by atoms with Gasteiger partial charge in [-0.15, -0.1) is 0 Å². The molecule has 82 valence electrons.